The normalized spacial score (nSPS) is 19.8. The maximum absolute atomic E-state index is 13.5. The van der Waals surface area contributed by atoms with Gasteiger partial charge in [-0.2, -0.15) is 0 Å². The molecular weight excluding hydrogens is 1180 g/mol. The number of ketones is 1. The number of carbonyl (C=O) groups is 6. The second kappa shape index (κ2) is 26.4. The first-order valence-corrected chi connectivity index (χ1v) is 29.8. The lowest BCUT2D eigenvalue weighted by atomic mass is 9.99. The molecule has 3 aromatic heterocycles. The largest absolute Gasteiger partial charge is 0.503 e. The van der Waals surface area contributed by atoms with Gasteiger partial charge in [0.25, 0.3) is 17.7 Å². The van der Waals surface area contributed by atoms with Crippen LogP contribution in [-0.2, 0) is 46.7 Å². The average Bonchev–Trinajstić information content (AvgIpc) is 1.27. The molecule has 0 spiro atoms. The number of aromatic carboxylic acids is 2. The fourth-order valence-electron chi connectivity index (χ4n) is 12.6. The number of nitrogens with zero attached hydrogens (tertiary/aromatic N) is 6. The highest BCUT2D eigenvalue weighted by atomic mass is 16.5. The van der Waals surface area contributed by atoms with Gasteiger partial charge in [0.2, 0.25) is 16.3 Å². The number of carbonyl (C=O) groups excluding carboxylic acids is 4. The molecule has 23 nitrogen and oxygen atoms in total. The van der Waals surface area contributed by atoms with E-state index in [0.29, 0.717) is 58.7 Å². The van der Waals surface area contributed by atoms with E-state index in [1.54, 1.807) is 18.9 Å². The van der Waals surface area contributed by atoms with Gasteiger partial charge in [0, 0.05) is 38.2 Å². The minimum Gasteiger partial charge on any atom is -0.503 e. The number of carboxylic acids is 2. The molecule has 3 unspecified atom stereocenters. The maximum Gasteiger partial charge on any atom is 0.341 e. The van der Waals surface area contributed by atoms with Gasteiger partial charge in [-0.15, -0.1) is 0 Å². The van der Waals surface area contributed by atoms with E-state index in [4.69, 9.17) is 23.7 Å². The van der Waals surface area contributed by atoms with Crippen molar-refractivity contribution in [2.75, 3.05) is 39.5 Å². The summed E-state index contributed by atoms with van der Waals surface area (Å²) in [5.74, 6) is -5.63. The summed E-state index contributed by atoms with van der Waals surface area (Å²) in [6.07, 6.45) is 3.76. The van der Waals surface area contributed by atoms with Gasteiger partial charge in [0.1, 0.15) is 24.3 Å². The Balaban J connectivity index is 0.000000134. The van der Waals surface area contributed by atoms with E-state index < -0.39 is 87.7 Å². The minimum absolute atomic E-state index is 0.000815. The summed E-state index contributed by atoms with van der Waals surface area (Å²) in [5, 5.41) is 29.2. The van der Waals surface area contributed by atoms with Crippen molar-refractivity contribution in [3.05, 3.63) is 263 Å². The number of rotatable bonds is 15. The van der Waals surface area contributed by atoms with Gasteiger partial charge < -0.3 is 67.4 Å². The summed E-state index contributed by atoms with van der Waals surface area (Å²) >= 11 is 0. The molecule has 0 bridgehead atoms. The third kappa shape index (κ3) is 12.0. The molecule has 0 aliphatic carbocycles. The molecule has 9 heterocycles. The molecule has 6 atom stereocenters. The Morgan fingerprint density at radius 2 is 0.717 bits per heavy atom. The Labute approximate surface area is 525 Å². The van der Waals surface area contributed by atoms with Crippen molar-refractivity contribution < 1.29 is 67.8 Å². The highest BCUT2D eigenvalue weighted by Gasteiger charge is 2.49. The molecule has 470 valence electrons. The molecule has 3 amide bonds. The third-order valence-corrected chi connectivity index (χ3v) is 17.0. The third-order valence-electron chi connectivity index (χ3n) is 17.0. The zero-order chi connectivity index (χ0) is 64.3. The first-order chi connectivity index (χ1) is 44.6. The Morgan fingerprint density at radius 1 is 0.424 bits per heavy atom. The highest BCUT2D eigenvalue weighted by Crippen LogP contribution is 2.40. The fraction of sp³-hybridized carbons (Fsp3) is 0.261. The van der Waals surface area contributed by atoms with Crippen LogP contribution in [-0.4, -0.2) is 137 Å². The van der Waals surface area contributed by atoms with Crippen LogP contribution in [0.15, 0.2) is 185 Å². The first-order valence-electron chi connectivity index (χ1n) is 29.8. The molecule has 0 radical (unpaired) electrons. The van der Waals surface area contributed by atoms with Gasteiger partial charge in [-0.3, -0.25) is 33.6 Å². The number of benzene rings is 5. The van der Waals surface area contributed by atoms with Gasteiger partial charge in [-0.25, -0.2) is 9.59 Å². The van der Waals surface area contributed by atoms with E-state index in [0.717, 1.165) is 34.0 Å². The lowest BCUT2D eigenvalue weighted by molar-refractivity contribution is -0.0156. The Kier molecular flexibility index (Phi) is 17.6. The number of Topliss-reactive ketones (excluding diaryl/α,β-unsaturated/α-hetero) is 1. The molecular formula is C69H62N6O17. The Bertz CT molecular complexity index is 4140. The van der Waals surface area contributed by atoms with Crippen molar-refractivity contribution in [2.24, 2.45) is 0 Å². The molecule has 6 aliphatic heterocycles. The quantitative estimate of drug-likeness (QED) is 0.0890. The minimum atomic E-state index is -1.46. The summed E-state index contributed by atoms with van der Waals surface area (Å²) in [6.45, 7) is 3.80. The standard InChI is InChI=1S/C26H24N2O5.C25H22N2O6.C18H16N2O6/c1-17(29)20-15-28-21(14-18-8-4-2-5-9-18)26-27(12-13-32-26)25(31)22(28)24(23(20)30)33-16-19-10-6-3-7-11-19;28-21-18(25(30)31)14-27-19(13-16-7-3-1-4-8-16)24-26(11-12-32-24)23(29)20(27)22(21)33-15-17-9-5-2-6-10-17;21-14-11(18(24)25)9-20-12(8-10-4-2-1-3-5-10)17-19(6-7-26-17)16(23)13(20)15(14)22/h2-11,15,21,26H,12-14,16H2,1H3;1-10,14,19,24H,11-13,15H2,(H,30,31);1-5,9,12,17,22H,6-8H2,(H,24,25)/t21-,26?;19-,24?;12-,17?/m000/s1. The summed E-state index contributed by atoms with van der Waals surface area (Å²) in [7, 11) is 0. The number of hydrogen-bond donors (Lipinski definition) is 3. The number of ether oxygens (including phenoxy) is 5. The van der Waals surface area contributed by atoms with E-state index >= 15 is 0 Å². The van der Waals surface area contributed by atoms with Crippen LogP contribution in [0, 0.1) is 0 Å². The second-order valence-electron chi connectivity index (χ2n) is 22.7. The van der Waals surface area contributed by atoms with Crippen LogP contribution in [0.5, 0.6) is 17.2 Å². The van der Waals surface area contributed by atoms with Crippen LogP contribution < -0.4 is 25.8 Å². The molecule has 0 saturated carbocycles. The maximum atomic E-state index is 13.5. The van der Waals surface area contributed by atoms with Gasteiger partial charge >= 0.3 is 11.9 Å². The molecule has 3 fully saturated rings. The molecule has 14 rings (SSSR count). The van der Waals surface area contributed by atoms with Crippen molar-refractivity contribution >= 4 is 35.4 Å². The monoisotopic (exact) mass is 1250 g/mol. The predicted molar refractivity (Wildman–Crippen MR) is 329 cm³/mol. The molecule has 5 aromatic carbocycles. The second-order valence-corrected chi connectivity index (χ2v) is 22.7. The number of hydrogen-bond acceptors (Lipinski definition) is 15. The molecule has 3 saturated heterocycles. The van der Waals surface area contributed by atoms with E-state index in [1.807, 2.05) is 152 Å². The van der Waals surface area contributed by atoms with Crippen molar-refractivity contribution in [1.29, 1.82) is 0 Å². The summed E-state index contributed by atoms with van der Waals surface area (Å²) in [4.78, 5) is 118. The number of aromatic nitrogens is 3. The number of amides is 3. The van der Waals surface area contributed by atoms with Crippen LogP contribution in [0.3, 0.4) is 0 Å². The van der Waals surface area contributed by atoms with E-state index in [9.17, 15) is 58.5 Å². The van der Waals surface area contributed by atoms with Gasteiger partial charge in [-0.1, -0.05) is 152 Å². The van der Waals surface area contributed by atoms with Crippen LogP contribution in [0.1, 0.15) is 115 Å². The van der Waals surface area contributed by atoms with Crippen molar-refractivity contribution in [3.63, 3.8) is 0 Å². The smallest absolute Gasteiger partial charge is 0.341 e. The zero-order valence-corrected chi connectivity index (χ0v) is 49.6. The highest BCUT2D eigenvalue weighted by molar-refractivity contribution is 6.00. The van der Waals surface area contributed by atoms with Crippen LogP contribution in [0.2, 0.25) is 0 Å². The lowest BCUT2D eigenvalue weighted by Gasteiger charge is -2.39. The molecule has 3 N–H and O–H groups in total. The predicted octanol–water partition coefficient (Wildman–Crippen LogP) is 6.80. The topological polar surface area (TPSA) is 285 Å². The number of aromatic hydroxyl groups is 1. The van der Waals surface area contributed by atoms with Crippen molar-refractivity contribution in [3.8, 4) is 17.2 Å². The van der Waals surface area contributed by atoms with Gasteiger partial charge in [0.05, 0.1) is 43.5 Å². The molecule has 8 aromatic rings. The molecule has 23 heteroatoms. The molecule has 6 aliphatic rings. The number of fused-ring (bicyclic) bond motifs is 6. The van der Waals surface area contributed by atoms with E-state index in [2.05, 4.69) is 0 Å². The van der Waals surface area contributed by atoms with Crippen molar-refractivity contribution in [2.45, 2.75) is 76.2 Å². The molecule has 92 heavy (non-hydrogen) atoms. The van der Waals surface area contributed by atoms with Gasteiger partial charge in [0.15, 0.2) is 58.8 Å². The Hall–Kier alpha value is -10.8. The zero-order valence-electron chi connectivity index (χ0n) is 49.6. The van der Waals surface area contributed by atoms with Gasteiger partial charge in [-0.05, 0) is 54.0 Å². The van der Waals surface area contributed by atoms with Crippen molar-refractivity contribution in [1.82, 2.24) is 28.4 Å². The summed E-state index contributed by atoms with van der Waals surface area (Å²) in [6, 6.07) is 46.4. The van der Waals surface area contributed by atoms with E-state index in [1.165, 1.54) is 28.8 Å². The first kappa shape index (κ1) is 61.5. The fourth-order valence-corrected chi connectivity index (χ4v) is 12.6. The SMILES string of the molecule is CC(=O)c1cn2c(c(OCc3ccccc3)c1=O)C(=O)N1CCOC1[C@@H]2Cc1ccccc1.O=C(O)c1cn2c(c(O)c1=O)C(=O)N1CCOC1[C@@H]2Cc1ccccc1.O=C(O)c1cn2c(c(OCc3ccccc3)c1=O)C(=O)N1CCOC1[C@@H]2Cc1ccccc1. The Morgan fingerprint density at radius 3 is 1.05 bits per heavy atom. The van der Waals surface area contributed by atoms with Crippen LogP contribution in [0.4, 0.5) is 0 Å². The number of pyridine rings is 3. The summed E-state index contributed by atoms with van der Waals surface area (Å²) in [5.41, 5.74) is 1.26. The van der Waals surface area contributed by atoms with Crippen LogP contribution >= 0.6 is 0 Å². The number of carboxylic acid groups (broad SMARTS) is 2. The average molecular weight is 1250 g/mol. The summed E-state index contributed by atoms with van der Waals surface area (Å²) < 4.78 is 34.0. The lowest BCUT2D eigenvalue weighted by Crippen LogP contribution is -2.50. The van der Waals surface area contributed by atoms with E-state index in [-0.39, 0.29) is 65.1 Å². The van der Waals surface area contributed by atoms with Crippen LogP contribution in [0.25, 0.3) is 0 Å².